The average Bonchev–Trinajstić information content (AvgIpc) is 2.95. The molecule has 0 amide bonds. The Balaban J connectivity index is 1.65. The minimum atomic E-state index is -0.761. The Morgan fingerprint density at radius 2 is 1.59 bits per heavy atom. The first-order chi connectivity index (χ1) is 18.0. The molecule has 3 rings (SSSR count). The zero-order chi connectivity index (χ0) is 26.6. The van der Waals surface area contributed by atoms with E-state index in [4.69, 9.17) is 23.7 Å². The number of para-hydroxylation sites is 1. The van der Waals surface area contributed by atoms with E-state index in [1.165, 1.54) is 7.11 Å². The second kappa shape index (κ2) is 13.9. The number of benzene rings is 3. The lowest BCUT2D eigenvalue weighted by Crippen LogP contribution is -2.31. The van der Waals surface area contributed by atoms with Gasteiger partial charge in [-0.2, -0.15) is 0 Å². The predicted octanol–water partition coefficient (Wildman–Crippen LogP) is 3.96. The Kier molecular flexibility index (Phi) is 10.4. The summed E-state index contributed by atoms with van der Waals surface area (Å²) in [6.07, 6.45) is 0.951. The minimum absolute atomic E-state index is 0.0632. The van der Waals surface area contributed by atoms with Crippen LogP contribution < -0.4 is 24.3 Å². The number of ether oxygens (including phenoxy) is 5. The van der Waals surface area contributed by atoms with Crippen molar-refractivity contribution in [1.82, 2.24) is 5.32 Å². The third kappa shape index (κ3) is 7.73. The van der Waals surface area contributed by atoms with Gasteiger partial charge >= 0.3 is 5.97 Å². The number of hydrogen-bond acceptors (Lipinski definition) is 8. The molecular formula is C29H33NO7. The van der Waals surface area contributed by atoms with E-state index in [-0.39, 0.29) is 6.61 Å². The van der Waals surface area contributed by atoms with Gasteiger partial charge in [-0.15, -0.1) is 0 Å². The summed E-state index contributed by atoms with van der Waals surface area (Å²) in [7, 11) is 6.13. The van der Waals surface area contributed by atoms with Crippen molar-refractivity contribution < 1.29 is 33.6 Å². The summed E-state index contributed by atoms with van der Waals surface area (Å²) in [4.78, 5) is 12.5. The highest BCUT2D eigenvalue weighted by Crippen LogP contribution is 2.27. The number of nitrogens with one attached hydrogen (secondary N) is 1. The summed E-state index contributed by atoms with van der Waals surface area (Å²) in [6, 6.07) is 20.0. The predicted molar refractivity (Wildman–Crippen MR) is 142 cm³/mol. The van der Waals surface area contributed by atoms with Crippen LogP contribution in [0.5, 0.6) is 23.0 Å². The molecule has 0 spiro atoms. The van der Waals surface area contributed by atoms with Crippen molar-refractivity contribution in [3.05, 3.63) is 83.4 Å². The van der Waals surface area contributed by atoms with Crippen LogP contribution in [0.25, 0.3) is 11.6 Å². The highest BCUT2D eigenvalue weighted by molar-refractivity contribution is 6.21. The molecule has 0 radical (unpaired) electrons. The van der Waals surface area contributed by atoms with Crippen LogP contribution in [0.4, 0.5) is 0 Å². The van der Waals surface area contributed by atoms with Gasteiger partial charge in [0.1, 0.15) is 35.7 Å². The molecule has 3 aromatic rings. The normalized spacial score (nSPS) is 12.0. The topological polar surface area (TPSA) is 95.5 Å². The number of carbonyl (C=O) groups is 1. The van der Waals surface area contributed by atoms with E-state index in [1.54, 1.807) is 57.7 Å². The van der Waals surface area contributed by atoms with Crippen LogP contribution in [0.15, 0.2) is 66.7 Å². The maximum absolute atomic E-state index is 12.5. The molecule has 0 saturated carbocycles. The zero-order valence-corrected chi connectivity index (χ0v) is 21.5. The Labute approximate surface area is 217 Å². The molecule has 0 fully saturated rings. The Bertz CT molecular complexity index is 1190. The third-order valence-electron chi connectivity index (χ3n) is 5.65. The smallest absolute Gasteiger partial charge is 0.338 e. The van der Waals surface area contributed by atoms with Crippen molar-refractivity contribution in [3.63, 3.8) is 0 Å². The number of rotatable bonds is 13. The fourth-order valence-electron chi connectivity index (χ4n) is 3.64. The van der Waals surface area contributed by atoms with Crippen LogP contribution >= 0.6 is 0 Å². The lowest BCUT2D eigenvalue weighted by atomic mass is 10.0. The number of aliphatic hydroxyl groups is 1. The molecule has 2 N–H and O–H groups in total. The molecule has 0 aliphatic rings. The van der Waals surface area contributed by atoms with Crippen LogP contribution in [0.3, 0.4) is 0 Å². The number of aliphatic hydroxyl groups excluding tert-OH is 1. The number of hydrogen-bond donors (Lipinski definition) is 2. The molecule has 0 aliphatic carbocycles. The monoisotopic (exact) mass is 507 g/mol. The summed E-state index contributed by atoms with van der Waals surface area (Å²) in [6.45, 7) is 0.883. The van der Waals surface area contributed by atoms with Gasteiger partial charge in [-0.1, -0.05) is 36.4 Å². The van der Waals surface area contributed by atoms with E-state index in [1.807, 2.05) is 36.4 Å². The Hall–Kier alpha value is -4.01. The van der Waals surface area contributed by atoms with Crippen molar-refractivity contribution in [2.24, 2.45) is 0 Å². The van der Waals surface area contributed by atoms with Crippen LogP contribution in [0.2, 0.25) is 0 Å². The minimum Gasteiger partial charge on any atom is -0.497 e. The van der Waals surface area contributed by atoms with E-state index >= 15 is 0 Å². The fourth-order valence-corrected chi connectivity index (χ4v) is 3.64. The van der Waals surface area contributed by atoms with Gasteiger partial charge in [0, 0.05) is 30.3 Å². The Morgan fingerprint density at radius 3 is 2.27 bits per heavy atom. The van der Waals surface area contributed by atoms with E-state index in [0.29, 0.717) is 52.8 Å². The van der Waals surface area contributed by atoms with Gasteiger partial charge in [-0.05, 0) is 35.9 Å². The van der Waals surface area contributed by atoms with Crippen molar-refractivity contribution in [2.75, 3.05) is 41.6 Å². The van der Waals surface area contributed by atoms with Gasteiger partial charge in [0.05, 0.1) is 34.0 Å². The molecule has 0 aromatic heterocycles. The lowest BCUT2D eigenvalue weighted by molar-refractivity contribution is -0.133. The van der Waals surface area contributed by atoms with Gasteiger partial charge in [-0.3, -0.25) is 0 Å². The van der Waals surface area contributed by atoms with Gasteiger partial charge in [0.15, 0.2) is 0 Å². The second-order valence-electron chi connectivity index (χ2n) is 8.09. The quantitative estimate of drug-likeness (QED) is 0.204. The first kappa shape index (κ1) is 27.6. The standard InChI is InChI=1S/C29H33NO7/c1-33-24-12-9-20(10-13-24)26(29(32)36-4)15-21-7-5-6-8-27(21)37-19-23(31)18-30-17-22-11-14-25(34-2)16-28(22)35-3/h5-16,23,30-31H,17-19H2,1-4H3/b26-15+. The molecule has 1 atom stereocenters. The summed E-state index contributed by atoms with van der Waals surface area (Å²) in [5.74, 6) is 2.16. The van der Waals surface area contributed by atoms with Crippen molar-refractivity contribution in [2.45, 2.75) is 12.6 Å². The van der Waals surface area contributed by atoms with E-state index in [9.17, 15) is 9.90 Å². The van der Waals surface area contributed by atoms with E-state index in [2.05, 4.69) is 5.32 Å². The molecule has 196 valence electrons. The Morgan fingerprint density at radius 1 is 0.892 bits per heavy atom. The van der Waals surface area contributed by atoms with Crippen LogP contribution in [0, 0.1) is 0 Å². The van der Waals surface area contributed by atoms with E-state index in [0.717, 1.165) is 5.56 Å². The maximum Gasteiger partial charge on any atom is 0.338 e. The molecular weight excluding hydrogens is 474 g/mol. The maximum atomic E-state index is 12.5. The van der Waals surface area contributed by atoms with Crippen molar-refractivity contribution in [3.8, 4) is 23.0 Å². The van der Waals surface area contributed by atoms with Crippen molar-refractivity contribution >= 4 is 17.6 Å². The van der Waals surface area contributed by atoms with Crippen LogP contribution in [-0.4, -0.2) is 58.8 Å². The van der Waals surface area contributed by atoms with Crippen molar-refractivity contribution in [1.29, 1.82) is 0 Å². The SMILES string of the molecule is COC(=O)/C(=C/c1ccccc1OCC(O)CNCc1ccc(OC)cc1OC)c1ccc(OC)cc1. The highest BCUT2D eigenvalue weighted by Gasteiger charge is 2.15. The molecule has 0 heterocycles. The van der Waals surface area contributed by atoms with E-state index < -0.39 is 12.1 Å². The summed E-state index contributed by atoms with van der Waals surface area (Å²) in [5.41, 5.74) is 2.68. The summed E-state index contributed by atoms with van der Waals surface area (Å²) in [5, 5.41) is 13.7. The summed E-state index contributed by atoms with van der Waals surface area (Å²) < 4.78 is 26.8. The summed E-state index contributed by atoms with van der Waals surface area (Å²) >= 11 is 0. The lowest BCUT2D eigenvalue weighted by Gasteiger charge is -2.16. The number of esters is 1. The average molecular weight is 508 g/mol. The third-order valence-corrected chi connectivity index (χ3v) is 5.65. The molecule has 0 saturated heterocycles. The molecule has 1 unspecified atom stereocenters. The highest BCUT2D eigenvalue weighted by atomic mass is 16.5. The first-order valence-electron chi connectivity index (χ1n) is 11.7. The van der Waals surface area contributed by atoms with Gasteiger partial charge in [-0.25, -0.2) is 4.79 Å². The van der Waals surface area contributed by atoms with Crippen LogP contribution in [0.1, 0.15) is 16.7 Å². The van der Waals surface area contributed by atoms with Gasteiger partial charge in [0.25, 0.3) is 0 Å². The first-order valence-corrected chi connectivity index (χ1v) is 11.7. The van der Waals surface area contributed by atoms with Crippen LogP contribution in [-0.2, 0) is 16.1 Å². The largest absolute Gasteiger partial charge is 0.497 e. The molecule has 37 heavy (non-hydrogen) atoms. The molecule has 0 aliphatic heterocycles. The molecule has 3 aromatic carbocycles. The van der Waals surface area contributed by atoms with Gasteiger partial charge < -0.3 is 34.1 Å². The molecule has 8 heteroatoms. The second-order valence-corrected chi connectivity index (χ2v) is 8.09. The number of methoxy groups -OCH3 is 4. The zero-order valence-electron chi connectivity index (χ0n) is 21.5. The molecule has 0 bridgehead atoms. The van der Waals surface area contributed by atoms with Gasteiger partial charge in [0.2, 0.25) is 0 Å². The fraction of sp³-hybridized carbons (Fsp3) is 0.276. The molecule has 8 nitrogen and oxygen atoms in total. The number of carbonyl (C=O) groups excluding carboxylic acids is 1.